The predicted octanol–water partition coefficient (Wildman–Crippen LogP) is 1.04. The fraction of sp³-hybridized carbons (Fsp3) is 0.923. The molecule has 0 saturated carbocycles. The molecule has 3 N–H and O–H groups in total. The van der Waals surface area contributed by atoms with Crippen LogP contribution < -0.4 is 10.6 Å². The van der Waals surface area contributed by atoms with E-state index >= 15 is 0 Å². The Kier molecular flexibility index (Phi) is 5.40. The molecule has 0 spiro atoms. The molecule has 1 aliphatic heterocycles. The largest absolute Gasteiger partial charge is 0.388 e. The van der Waals surface area contributed by atoms with E-state index in [0.29, 0.717) is 18.9 Å². The standard InChI is InChI=1S/C13H26N2O2/c1-4-7-13(3,17)9-15-12(16)11-10(2)6-5-8-14-11/h10-11,14,17H,4-9H2,1-3H3,(H,15,16). The van der Waals surface area contributed by atoms with Crippen molar-refractivity contribution in [1.29, 1.82) is 0 Å². The smallest absolute Gasteiger partial charge is 0.237 e. The molecule has 1 aliphatic rings. The Morgan fingerprint density at radius 2 is 2.29 bits per heavy atom. The molecule has 3 unspecified atom stereocenters. The van der Waals surface area contributed by atoms with E-state index in [2.05, 4.69) is 17.6 Å². The number of hydrogen-bond donors (Lipinski definition) is 3. The van der Waals surface area contributed by atoms with Crippen LogP contribution in [0, 0.1) is 5.92 Å². The van der Waals surface area contributed by atoms with Gasteiger partial charge in [0.2, 0.25) is 5.91 Å². The molecule has 0 aliphatic carbocycles. The van der Waals surface area contributed by atoms with Crippen LogP contribution in [-0.4, -0.2) is 35.7 Å². The predicted molar refractivity (Wildman–Crippen MR) is 68.7 cm³/mol. The molecular formula is C13H26N2O2. The van der Waals surface area contributed by atoms with Gasteiger partial charge in [-0.3, -0.25) is 4.79 Å². The van der Waals surface area contributed by atoms with Crippen molar-refractivity contribution >= 4 is 5.91 Å². The zero-order valence-corrected chi connectivity index (χ0v) is 11.3. The molecule has 1 fully saturated rings. The van der Waals surface area contributed by atoms with Crippen LogP contribution in [0.3, 0.4) is 0 Å². The minimum absolute atomic E-state index is 0.0218. The van der Waals surface area contributed by atoms with Crippen molar-refractivity contribution in [2.45, 2.75) is 58.1 Å². The summed E-state index contributed by atoms with van der Waals surface area (Å²) in [6.07, 6.45) is 3.86. The van der Waals surface area contributed by atoms with Crippen molar-refractivity contribution in [1.82, 2.24) is 10.6 Å². The van der Waals surface area contributed by atoms with Crippen LogP contribution in [0.25, 0.3) is 0 Å². The summed E-state index contributed by atoms with van der Waals surface area (Å²) >= 11 is 0. The van der Waals surface area contributed by atoms with Crippen molar-refractivity contribution in [2.75, 3.05) is 13.1 Å². The van der Waals surface area contributed by atoms with Gasteiger partial charge in [0.15, 0.2) is 0 Å². The van der Waals surface area contributed by atoms with E-state index in [1.54, 1.807) is 6.92 Å². The number of nitrogens with one attached hydrogen (secondary N) is 2. The van der Waals surface area contributed by atoms with Gasteiger partial charge in [-0.15, -0.1) is 0 Å². The van der Waals surface area contributed by atoms with Crippen molar-refractivity contribution < 1.29 is 9.90 Å². The molecule has 1 amide bonds. The SMILES string of the molecule is CCCC(C)(O)CNC(=O)C1NCCCC1C. The lowest BCUT2D eigenvalue weighted by Crippen LogP contribution is -2.53. The first-order chi connectivity index (χ1) is 7.96. The molecule has 0 bridgehead atoms. The van der Waals surface area contributed by atoms with Crippen LogP contribution in [0.4, 0.5) is 0 Å². The highest BCUT2D eigenvalue weighted by atomic mass is 16.3. The monoisotopic (exact) mass is 242 g/mol. The lowest BCUT2D eigenvalue weighted by molar-refractivity contribution is -0.126. The third kappa shape index (κ3) is 4.64. The Hall–Kier alpha value is -0.610. The van der Waals surface area contributed by atoms with Gasteiger partial charge in [-0.1, -0.05) is 20.3 Å². The average molecular weight is 242 g/mol. The number of carbonyl (C=O) groups excluding carboxylic acids is 1. The number of rotatable bonds is 5. The first-order valence-electron chi connectivity index (χ1n) is 6.70. The normalized spacial score (nSPS) is 28.5. The molecular weight excluding hydrogens is 216 g/mol. The Morgan fingerprint density at radius 1 is 1.59 bits per heavy atom. The molecule has 1 rings (SSSR count). The lowest BCUT2D eigenvalue weighted by Gasteiger charge is -2.30. The molecule has 4 heteroatoms. The molecule has 4 nitrogen and oxygen atoms in total. The third-order valence-corrected chi connectivity index (χ3v) is 3.48. The molecule has 0 aromatic rings. The number of amides is 1. The lowest BCUT2D eigenvalue weighted by atomic mass is 9.92. The van der Waals surface area contributed by atoms with Gasteiger partial charge in [0.25, 0.3) is 0 Å². The number of carbonyl (C=O) groups is 1. The minimum Gasteiger partial charge on any atom is -0.388 e. The molecule has 1 heterocycles. The Bertz CT molecular complexity index is 254. The van der Waals surface area contributed by atoms with Crippen LogP contribution in [0.2, 0.25) is 0 Å². The second-order valence-electron chi connectivity index (χ2n) is 5.52. The van der Waals surface area contributed by atoms with Gasteiger partial charge in [0, 0.05) is 6.54 Å². The summed E-state index contributed by atoms with van der Waals surface area (Å²) in [5, 5.41) is 16.1. The van der Waals surface area contributed by atoms with Crippen LogP contribution in [0.15, 0.2) is 0 Å². The molecule has 3 atom stereocenters. The highest BCUT2D eigenvalue weighted by Crippen LogP contribution is 2.16. The van der Waals surface area contributed by atoms with Crippen molar-refractivity contribution in [2.24, 2.45) is 5.92 Å². The highest BCUT2D eigenvalue weighted by molar-refractivity contribution is 5.82. The molecule has 0 radical (unpaired) electrons. The summed E-state index contributed by atoms with van der Waals surface area (Å²) < 4.78 is 0. The van der Waals surface area contributed by atoms with Gasteiger partial charge < -0.3 is 15.7 Å². The minimum atomic E-state index is -0.789. The van der Waals surface area contributed by atoms with Crippen LogP contribution in [0.1, 0.15) is 46.5 Å². The van der Waals surface area contributed by atoms with Crippen molar-refractivity contribution in [3.63, 3.8) is 0 Å². The van der Waals surface area contributed by atoms with E-state index in [1.165, 1.54) is 0 Å². The Labute approximate surface area is 104 Å². The van der Waals surface area contributed by atoms with Crippen LogP contribution in [-0.2, 0) is 4.79 Å². The zero-order valence-electron chi connectivity index (χ0n) is 11.3. The summed E-state index contributed by atoms with van der Waals surface area (Å²) in [4.78, 5) is 12.0. The maximum absolute atomic E-state index is 12.0. The van der Waals surface area contributed by atoms with E-state index in [9.17, 15) is 9.90 Å². The van der Waals surface area contributed by atoms with Gasteiger partial charge in [-0.2, -0.15) is 0 Å². The molecule has 0 aromatic heterocycles. The summed E-state index contributed by atoms with van der Waals surface area (Å²) in [6.45, 7) is 7.15. The average Bonchev–Trinajstić information content (AvgIpc) is 2.27. The summed E-state index contributed by atoms with van der Waals surface area (Å²) in [5.41, 5.74) is -0.789. The first-order valence-corrected chi connectivity index (χ1v) is 6.70. The van der Waals surface area contributed by atoms with Gasteiger partial charge in [-0.05, 0) is 38.6 Å². The number of hydrogen-bond acceptors (Lipinski definition) is 3. The molecule has 0 aromatic carbocycles. The Balaban J connectivity index is 2.38. The molecule has 17 heavy (non-hydrogen) atoms. The fourth-order valence-corrected chi connectivity index (χ4v) is 2.42. The summed E-state index contributed by atoms with van der Waals surface area (Å²) in [7, 11) is 0. The number of aliphatic hydroxyl groups is 1. The van der Waals surface area contributed by atoms with E-state index in [4.69, 9.17) is 0 Å². The fourth-order valence-electron chi connectivity index (χ4n) is 2.42. The van der Waals surface area contributed by atoms with Crippen LogP contribution >= 0.6 is 0 Å². The van der Waals surface area contributed by atoms with E-state index in [-0.39, 0.29) is 11.9 Å². The van der Waals surface area contributed by atoms with E-state index in [1.807, 2.05) is 6.92 Å². The molecule has 100 valence electrons. The van der Waals surface area contributed by atoms with Gasteiger partial charge in [0.05, 0.1) is 11.6 Å². The summed E-state index contributed by atoms with van der Waals surface area (Å²) in [5.74, 6) is 0.397. The second kappa shape index (κ2) is 6.36. The molecule has 1 saturated heterocycles. The van der Waals surface area contributed by atoms with E-state index in [0.717, 1.165) is 25.8 Å². The van der Waals surface area contributed by atoms with Crippen LogP contribution in [0.5, 0.6) is 0 Å². The van der Waals surface area contributed by atoms with Gasteiger partial charge in [0.1, 0.15) is 0 Å². The van der Waals surface area contributed by atoms with Crippen molar-refractivity contribution in [3.8, 4) is 0 Å². The first kappa shape index (κ1) is 14.5. The topological polar surface area (TPSA) is 61.4 Å². The third-order valence-electron chi connectivity index (χ3n) is 3.48. The maximum Gasteiger partial charge on any atom is 0.237 e. The highest BCUT2D eigenvalue weighted by Gasteiger charge is 2.28. The Morgan fingerprint density at radius 3 is 2.88 bits per heavy atom. The van der Waals surface area contributed by atoms with Crippen molar-refractivity contribution in [3.05, 3.63) is 0 Å². The van der Waals surface area contributed by atoms with E-state index < -0.39 is 5.60 Å². The second-order valence-corrected chi connectivity index (χ2v) is 5.52. The summed E-state index contributed by atoms with van der Waals surface area (Å²) in [6, 6.07) is -0.0961. The quantitative estimate of drug-likeness (QED) is 0.675. The van der Waals surface area contributed by atoms with Gasteiger partial charge >= 0.3 is 0 Å². The van der Waals surface area contributed by atoms with Gasteiger partial charge in [-0.25, -0.2) is 0 Å². The maximum atomic E-state index is 12.0. The zero-order chi connectivity index (χ0) is 12.9. The number of piperidine rings is 1.